The van der Waals surface area contributed by atoms with Crippen molar-refractivity contribution in [1.29, 1.82) is 0 Å². The van der Waals surface area contributed by atoms with Gasteiger partial charge < -0.3 is 4.90 Å². The second kappa shape index (κ2) is 6.11. The summed E-state index contributed by atoms with van der Waals surface area (Å²) in [4.78, 5) is 2.10. The van der Waals surface area contributed by atoms with Crippen molar-refractivity contribution >= 4 is 21.6 Å². The van der Waals surface area contributed by atoms with Crippen LogP contribution in [-0.2, 0) is 0 Å². The van der Waals surface area contributed by atoms with Gasteiger partial charge in [-0.25, -0.2) is 4.39 Å². The van der Waals surface area contributed by atoms with E-state index in [4.69, 9.17) is 0 Å². The maximum Gasteiger partial charge on any atom is 0.125 e. The molecule has 1 unspecified atom stereocenters. The number of nitrogens with zero attached hydrogens (tertiary/aromatic N) is 1. The fourth-order valence-corrected chi connectivity index (χ4v) is 2.16. The van der Waals surface area contributed by atoms with Crippen LogP contribution in [0.2, 0.25) is 0 Å². The van der Waals surface area contributed by atoms with E-state index in [2.05, 4.69) is 27.8 Å². The molecule has 0 spiro atoms. The molecule has 0 saturated heterocycles. The highest BCUT2D eigenvalue weighted by Crippen LogP contribution is 2.17. The molecule has 0 amide bonds. The van der Waals surface area contributed by atoms with Gasteiger partial charge in [0.1, 0.15) is 5.82 Å². The van der Waals surface area contributed by atoms with Crippen LogP contribution in [0.1, 0.15) is 13.3 Å². The summed E-state index contributed by atoms with van der Waals surface area (Å²) in [5.41, 5.74) is 0.939. The topological polar surface area (TPSA) is 3.24 Å². The molecule has 1 rings (SSSR count). The van der Waals surface area contributed by atoms with E-state index in [0.29, 0.717) is 5.92 Å². The summed E-state index contributed by atoms with van der Waals surface area (Å²) in [6.07, 6.45) is 1.13. The summed E-state index contributed by atoms with van der Waals surface area (Å²) in [5.74, 6) is 0.435. The summed E-state index contributed by atoms with van der Waals surface area (Å²) in [6.45, 7) is 3.12. The van der Waals surface area contributed by atoms with E-state index in [1.54, 1.807) is 12.1 Å². The second-order valence-electron chi connectivity index (χ2n) is 3.79. The molecule has 84 valence electrons. The predicted octanol–water partition coefficient (Wildman–Crippen LogP) is 3.68. The van der Waals surface area contributed by atoms with Crippen molar-refractivity contribution in [2.75, 3.05) is 23.8 Å². The molecule has 3 heteroatoms. The zero-order valence-electron chi connectivity index (χ0n) is 9.21. The first-order chi connectivity index (χ1) is 7.17. The Morgan fingerprint density at radius 3 is 2.73 bits per heavy atom. The van der Waals surface area contributed by atoms with E-state index in [9.17, 15) is 4.39 Å². The standard InChI is InChI=1S/C12H17BrFN/c1-3-10(8-13)9-15(2)12-6-4-5-11(14)7-12/h4-7,10H,3,8-9H2,1-2H3. The first kappa shape index (κ1) is 12.5. The number of anilines is 1. The molecule has 1 aromatic carbocycles. The lowest BCUT2D eigenvalue weighted by atomic mass is 10.1. The van der Waals surface area contributed by atoms with Crippen LogP contribution in [0.25, 0.3) is 0 Å². The first-order valence-corrected chi connectivity index (χ1v) is 6.32. The third kappa shape index (κ3) is 3.82. The van der Waals surface area contributed by atoms with Crippen LogP contribution in [0.4, 0.5) is 10.1 Å². The lowest BCUT2D eigenvalue weighted by Gasteiger charge is -2.23. The zero-order valence-corrected chi connectivity index (χ0v) is 10.8. The maximum atomic E-state index is 13.0. The lowest BCUT2D eigenvalue weighted by Crippen LogP contribution is -2.25. The van der Waals surface area contributed by atoms with Gasteiger partial charge in [0.2, 0.25) is 0 Å². The third-order valence-electron chi connectivity index (χ3n) is 2.58. The second-order valence-corrected chi connectivity index (χ2v) is 4.44. The number of hydrogen-bond acceptors (Lipinski definition) is 1. The quantitative estimate of drug-likeness (QED) is 0.740. The molecule has 0 fully saturated rings. The molecule has 0 N–H and O–H groups in total. The SMILES string of the molecule is CCC(CBr)CN(C)c1cccc(F)c1. The van der Waals surface area contributed by atoms with Crippen molar-refractivity contribution in [3.63, 3.8) is 0 Å². The molecule has 0 aliphatic rings. The molecule has 1 atom stereocenters. The molecule has 0 radical (unpaired) electrons. The number of alkyl halides is 1. The number of benzene rings is 1. The van der Waals surface area contributed by atoms with Crippen molar-refractivity contribution in [3.05, 3.63) is 30.1 Å². The van der Waals surface area contributed by atoms with Crippen LogP contribution >= 0.6 is 15.9 Å². The van der Waals surface area contributed by atoms with Crippen molar-refractivity contribution in [2.45, 2.75) is 13.3 Å². The summed E-state index contributed by atoms with van der Waals surface area (Å²) in [6, 6.07) is 6.72. The Labute approximate surface area is 99.4 Å². The Kier molecular flexibility index (Phi) is 5.09. The molecule has 0 aliphatic carbocycles. The Balaban J connectivity index is 2.64. The van der Waals surface area contributed by atoms with Crippen molar-refractivity contribution in [2.24, 2.45) is 5.92 Å². The monoisotopic (exact) mass is 273 g/mol. The van der Waals surface area contributed by atoms with E-state index in [-0.39, 0.29) is 5.82 Å². The van der Waals surface area contributed by atoms with Crippen LogP contribution in [0, 0.1) is 11.7 Å². The average molecular weight is 274 g/mol. The van der Waals surface area contributed by atoms with E-state index in [0.717, 1.165) is 24.0 Å². The predicted molar refractivity (Wildman–Crippen MR) is 67.2 cm³/mol. The highest BCUT2D eigenvalue weighted by atomic mass is 79.9. The number of halogens is 2. The minimum absolute atomic E-state index is 0.175. The highest BCUT2D eigenvalue weighted by Gasteiger charge is 2.09. The largest absolute Gasteiger partial charge is 0.374 e. The molecule has 0 bridgehead atoms. The summed E-state index contributed by atoms with van der Waals surface area (Å²) >= 11 is 3.49. The van der Waals surface area contributed by atoms with Gasteiger partial charge in [-0.15, -0.1) is 0 Å². The molecule has 0 saturated carbocycles. The highest BCUT2D eigenvalue weighted by molar-refractivity contribution is 9.09. The fourth-order valence-electron chi connectivity index (χ4n) is 1.49. The Hall–Kier alpha value is -0.570. The van der Waals surface area contributed by atoms with Crippen molar-refractivity contribution < 1.29 is 4.39 Å². The molecule has 0 aliphatic heterocycles. The van der Waals surface area contributed by atoms with Crippen LogP contribution in [0.3, 0.4) is 0 Å². The van der Waals surface area contributed by atoms with Crippen LogP contribution in [0.15, 0.2) is 24.3 Å². The van der Waals surface area contributed by atoms with Crippen molar-refractivity contribution in [3.8, 4) is 0 Å². The summed E-state index contributed by atoms with van der Waals surface area (Å²) in [5, 5.41) is 0.989. The van der Waals surface area contributed by atoms with Gasteiger partial charge in [-0.05, 0) is 24.1 Å². The van der Waals surface area contributed by atoms with Crippen molar-refractivity contribution in [1.82, 2.24) is 0 Å². The van der Waals surface area contributed by atoms with Gasteiger partial charge in [0, 0.05) is 24.6 Å². The normalized spacial score (nSPS) is 12.5. The summed E-state index contributed by atoms with van der Waals surface area (Å²) in [7, 11) is 2.00. The van der Waals surface area contributed by atoms with E-state index < -0.39 is 0 Å². The molecule has 15 heavy (non-hydrogen) atoms. The van der Waals surface area contributed by atoms with Gasteiger partial charge in [0.25, 0.3) is 0 Å². The molecule has 1 nitrogen and oxygen atoms in total. The minimum atomic E-state index is -0.175. The Bertz CT molecular complexity index is 299. The van der Waals surface area contributed by atoms with Crippen LogP contribution in [0.5, 0.6) is 0 Å². The lowest BCUT2D eigenvalue weighted by molar-refractivity contribution is 0.570. The van der Waals surface area contributed by atoms with Gasteiger partial charge >= 0.3 is 0 Å². The minimum Gasteiger partial charge on any atom is -0.374 e. The smallest absolute Gasteiger partial charge is 0.125 e. The van der Waals surface area contributed by atoms with E-state index >= 15 is 0 Å². The first-order valence-electron chi connectivity index (χ1n) is 5.20. The van der Waals surface area contributed by atoms with Gasteiger partial charge in [-0.2, -0.15) is 0 Å². The van der Waals surface area contributed by atoms with Crippen LogP contribution in [-0.4, -0.2) is 18.9 Å². The average Bonchev–Trinajstić information content (AvgIpc) is 2.25. The van der Waals surface area contributed by atoms with Gasteiger partial charge in [0.15, 0.2) is 0 Å². The van der Waals surface area contributed by atoms with E-state index in [1.807, 2.05) is 13.1 Å². The van der Waals surface area contributed by atoms with Gasteiger partial charge in [0.05, 0.1) is 0 Å². The number of hydrogen-bond donors (Lipinski definition) is 0. The van der Waals surface area contributed by atoms with E-state index in [1.165, 1.54) is 6.07 Å². The van der Waals surface area contributed by atoms with Crippen LogP contribution < -0.4 is 4.90 Å². The Morgan fingerprint density at radius 2 is 2.20 bits per heavy atom. The fraction of sp³-hybridized carbons (Fsp3) is 0.500. The number of rotatable bonds is 5. The Morgan fingerprint density at radius 1 is 1.47 bits per heavy atom. The molecule has 0 aromatic heterocycles. The molecular formula is C12H17BrFN. The zero-order chi connectivity index (χ0) is 11.3. The van der Waals surface area contributed by atoms with Gasteiger partial charge in [-0.1, -0.05) is 35.3 Å². The third-order valence-corrected chi connectivity index (χ3v) is 3.49. The summed E-state index contributed by atoms with van der Waals surface area (Å²) < 4.78 is 13.0. The molecule has 0 heterocycles. The maximum absolute atomic E-state index is 13.0. The van der Waals surface area contributed by atoms with Gasteiger partial charge in [-0.3, -0.25) is 0 Å². The molecular weight excluding hydrogens is 257 g/mol. The molecule has 1 aromatic rings.